The van der Waals surface area contributed by atoms with Gasteiger partial charge in [0.15, 0.2) is 0 Å². The molecule has 0 saturated carbocycles. The van der Waals surface area contributed by atoms with Crippen LogP contribution in [0.1, 0.15) is 1.43 Å². The van der Waals surface area contributed by atoms with Gasteiger partial charge >= 0.3 is 29.6 Å². The summed E-state index contributed by atoms with van der Waals surface area (Å²) in [6.45, 7) is 0. The van der Waals surface area contributed by atoms with Gasteiger partial charge in [0.2, 0.25) is 0 Å². The summed E-state index contributed by atoms with van der Waals surface area (Å²) in [5.41, 5.74) is 0. The van der Waals surface area contributed by atoms with Gasteiger partial charge in [0, 0.05) is 43.4 Å². The van der Waals surface area contributed by atoms with E-state index >= 15 is 0 Å². The summed E-state index contributed by atoms with van der Waals surface area (Å²) in [6.07, 6.45) is 0. The summed E-state index contributed by atoms with van der Waals surface area (Å²) in [4.78, 5) is 0. The van der Waals surface area contributed by atoms with Crippen molar-refractivity contribution in [1.82, 2.24) is 0 Å². The fourth-order valence-electron chi connectivity index (χ4n) is 0. The maximum Gasteiger partial charge on any atom is 1.00 e. The molecule has 0 aliphatic rings. The topological polar surface area (TPSA) is 0 Å². The molecular weight excluding hydrogens is 138 g/mol. The van der Waals surface area contributed by atoms with Gasteiger partial charge in [-0.1, -0.05) is 0 Å². The fourth-order valence-corrected chi connectivity index (χ4v) is 0. The van der Waals surface area contributed by atoms with Gasteiger partial charge in [-0.2, -0.15) is 0 Å². The van der Waals surface area contributed by atoms with E-state index in [0.717, 1.165) is 0 Å². The van der Waals surface area contributed by atoms with E-state index in [1.165, 1.54) is 0 Å². The van der Waals surface area contributed by atoms with Gasteiger partial charge in [-0.15, -0.1) is 0 Å². The molecule has 0 radical (unpaired) electrons. The van der Waals surface area contributed by atoms with Crippen LogP contribution in [0.2, 0.25) is 0 Å². The summed E-state index contributed by atoms with van der Waals surface area (Å²) >= 11 is 0. The van der Waals surface area contributed by atoms with E-state index in [4.69, 9.17) is 0 Å². The first-order valence-corrected chi connectivity index (χ1v) is 0. The maximum absolute atomic E-state index is 0. The molecule has 0 saturated heterocycles. The summed E-state index contributed by atoms with van der Waals surface area (Å²) in [7, 11) is 0. The van der Waals surface area contributed by atoms with Crippen molar-refractivity contribution in [3.8, 4) is 0 Å². The molecule has 0 aliphatic heterocycles. The van der Waals surface area contributed by atoms with E-state index in [1.807, 2.05) is 0 Å². The van der Waals surface area contributed by atoms with Crippen molar-refractivity contribution >= 4 is 0 Å². The Bertz CT molecular complexity index is 9.61. The molecule has 0 atom stereocenters. The zero-order valence-electron chi connectivity index (χ0n) is 3.41. The maximum atomic E-state index is 0. The minimum atomic E-state index is 0. The molecule has 0 nitrogen and oxygen atoms in total. The second-order valence-corrected chi connectivity index (χ2v) is 0. The molecule has 0 spiro atoms. The van der Waals surface area contributed by atoms with Crippen molar-refractivity contribution in [2.75, 3.05) is 0 Å². The Kier molecular flexibility index (Phi) is 150. The molecule has 0 heterocycles. The number of rotatable bonds is 0. The molecule has 0 unspecified atom stereocenters. The van der Waals surface area contributed by atoms with Gasteiger partial charge in [0.05, 0.1) is 0 Å². The van der Waals surface area contributed by atoms with Gasteiger partial charge in [-0.25, -0.2) is 0 Å². The smallest absolute Gasteiger partial charge is 1.00 e. The van der Waals surface area contributed by atoms with E-state index in [9.17, 15) is 0 Å². The van der Waals surface area contributed by atoms with Crippen LogP contribution in [0.4, 0.5) is 4.70 Å². The molecule has 0 amide bonds. The number of halogens is 1. The molecule has 0 N–H and O–H groups in total. The van der Waals surface area contributed by atoms with Crippen molar-refractivity contribution in [2.24, 2.45) is 0 Å². The third kappa shape index (κ3) is 8.84. The van der Waals surface area contributed by atoms with Gasteiger partial charge in [0.25, 0.3) is 0 Å². The Morgan fingerprint density at radius 1 is 1.00 bits per heavy atom. The first kappa shape index (κ1) is 32.8. The average Bonchev–Trinajstić information content (AvgIpc) is 0. The van der Waals surface area contributed by atoms with Crippen LogP contribution in [0.5, 0.6) is 0 Å². The zero-order chi connectivity index (χ0) is 0. The van der Waals surface area contributed by atoms with Crippen molar-refractivity contribution < 1.29 is 79.1 Å². The Morgan fingerprint density at radius 2 is 1.00 bits per heavy atom. The van der Waals surface area contributed by atoms with E-state index in [-0.39, 0.29) is 79.1 Å². The van der Waals surface area contributed by atoms with Gasteiger partial charge in [0.1, 0.15) is 0 Å². The van der Waals surface area contributed by atoms with E-state index in [2.05, 4.69) is 0 Å². The largest absolute Gasteiger partial charge is 1.00 e. The zero-order valence-corrected chi connectivity index (χ0v) is 7.53. The third-order valence-electron chi connectivity index (χ3n) is 0. The molecule has 4 heteroatoms. The SMILES string of the molecule is F.[H-].[Na+].[Ti].[Ti]. The molecule has 0 aromatic carbocycles. The molecule has 0 bridgehead atoms. The van der Waals surface area contributed by atoms with Crippen LogP contribution >= 0.6 is 0 Å². The van der Waals surface area contributed by atoms with Crippen molar-refractivity contribution in [3.05, 3.63) is 0 Å². The monoisotopic (exact) mass is 140 g/mol. The van der Waals surface area contributed by atoms with Crippen LogP contribution in [0.15, 0.2) is 0 Å². The normalized spacial score (nSPS) is 0. The average molecular weight is 140 g/mol. The summed E-state index contributed by atoms with van der Waals surface area (Å²) in [5, 5.41) is 0. The molecule has 0 fully saturated rings. The third-order valence-corrected chi connectivity index (χ3v) is 0. The summed E-state index contributed by atoms with van der Waals surface area (Å²) in [5.74, 6) is 0. The van der Waals surface area contributed by atoms with Crippen molar-refractivity contribution in [1.29, 1.82) is 0 Å². The Balaban J connectivity index is 0. The first-order valence-electron chi connectivity index (χ1n) is 0. The molecule has 0 aromatic heterocycles. The van der Waals surface area contributed by atoms with Crippen LogP contribution in [0.3, 0.4) is 0 Å². The fraction of sp³-hybridized carbons (Fsp3) is 0. The predicted molar refractivity (Wildman–Crippen MR) is 3.62 cm³/mol. The van der Waals surface area contributed by atoms with Crippen LogP contribution in [-0.4, -0.2) is 0 Å². The molecule has 0 aliphatic carbocycles. The van der Waals surface area contributed by atoms with Crippen molar-refractivity contribution in [2.45, 2.75) is 0 Å². The Morgan fingerprint density at radius 3 is 1.00 bits per heavy atom. The van der Waals surface area contributed by atoms with Gasteiger partial charge < -0.3 is 1.43 Å². The Labute approximate surface area is 78.0 Å². The van der Waals surface area contributed by atoms with Gasteiger partial charge in [-0.3, -0.25) is 4.70 Å². The van der Waals surface area contributed by atoms with E-state index in [1.54, 1.807) is 0 Å². The van der Waals surface area contributed by atoms with E-state index < -0.39 is 0 Å². The predicted octanol–water partition coefficient (Wildman–Crippen LogP) is -2.74. The number of hydrogen-bond donors (Lipinski definition) is 0. The second kappa shape index (κ2) is 18.3. The Hall–Kier alpha value is 2.36. The standard InChI is InChI=1S/FH.Na.2Ti.H/h1H;;;;/q;+1;;;-1. The van der Waals surface area contributed by atoms with Gasteiger partial charge in [-0.05, 0) is 0 Å². The summed E-state index contributed by atoms with van der Waals surface area (Å²) < 4.78 is 0. The second-order valence-electron chi connectivity index (χ2n) is 0. The van der Waals surface area contributed by atoms with Crippen LogP contribution in [-0.2, 0) is 43.4 Å². The molecule has 4 heavy (non-hydrogen) atoms. The first-order chi connectivity index (χ1) is 0. The van der Waals surface area contributed by atoms with Crippen LogP contribution in [0.25, 0.3) is 0 Å². The minimum absolute atomic E-state index is 0. The van der Waals surface area contributed by atoms with Crippen LogP contribution < -0.4 is 29.6 Å². The molecule has 0 aromatic rings. The summed E-state index contributed by atoms with van der Waals surface area (Å²) in [6, 6.07) is 0. The molecule has 0 rings (SSSR count). The number of hydrogen-bond acceptors (Lipinski definition) is 0. The molecular formula is H2FNaTi2. The van der Waals surface area contributed by atoms with Crippen molar-refractivity contribution in [3.63, 3.8) is 0 Å². The van der Waals surface area contributed by atoms with E-state index in [0.29, 0.717) is 0 Å². The molecule has 18 valence electrons. The van der Waals surface area contributed by atoms with Crippen LogP contribution in [0, 0.1) is 0 Å². The quantitative estimate of drug-likeness (QED) is 0.320. The minimum Gasteiger partial charge on any atom is -1.00 e.